The summed E-state index contributed by atoms with van der Waals surface area (Å²) in [5.41, 5.74) is 3.30. The maximum Gasteiger partial charge on any atom is 0.224 e. The second-order valence-electron chi connectivity index (χ2n) is 5.73. The number of rotatable bonds is 2. The number of fused-ring (bicyclic) bond motifs is 1. The fraction of sp³-hybridized carbons (Fsp3) is 0.278. The first-order valence-corrected chi connectivity index (χ1v) is 7.82. The van der Waals surface area contributed by atoms with Gasteiger partial charge in [0, 0.05) is 25.0 Å². The molecule has 2 aromatic carbocycles. The van der Waals surface area contributed by atoms with Crippen LogP contribution in [0.4, 0.5) is 11.4 Å². The van der Waals surface area contributed by atoms with E-state index in [1.807, 2.05) is 47.4 Å². The molecule has 0 unspecified atom stereocenters. The molecule has 3 nitrogen and oxygen atoms in total. The summed E-state index contributed by atoms with van der Waals surface area (Å²) < 4.78 is 0. The summed E-state index contributed by atoms with van der Waals surface area (Å²) in [7, 11) is 0. The van der Waals surface area contributed by atoms with Crippen LogP contribution < -0.4 is 9.80 Å². The lowest BCUT2D eigenvalue weighted by Gasteiger charge is -2.41. The van der Waals surface area contributed by atoms with E-state index in [0.29, 0.717) is 0 Å². The Hall–Kier alpha value is -2.00. The smallest absolute Gasteiger partial charge is 0.224 e. The molecule has 1 amide bonds. The van der Waals surface area contributed by atoms with Crippen LogP contribution in [0.1, 0.15) is 19.4 Å². The van der Waals surface area contributed by atoms with Crippen LogP contribution in [0, 0.1) is 0 Å². The number of amides is 1. The Bertz CT molecular complexity index is 684. The van der Waals surface area contributed by atoms with Gasteiger partial charge >= 0.3 is 0 Å². The second-order valence-corrected chi connectivity index (χ2v) is 6.17. The highest BCUT2D eigenvalue weighted by Gasteiger charge is 2.30. The Morgan fingerprint density at radius 1 is 1.14 bits per heavy atom. The van der Waals surface area contributed by atoms with Crippen molar-refractivity contribution in [3.05, 3.63) is 59.1 Å². The molecule has 22 heavy (non-hydrogen) atoms. The van der Waals surface area contributed by atoms with Gasteiger partial charge in [-0.2, -0.15) is 0 Å². The van der Waals surface area contributed by atoms with Gasteiger partial charge in [0.2, 0.25) is 5.91 Å². The van der Waals surface area contributed by atoms with Crippen molar-refractivity contribution < 1.29 is 4.79 Å². The van der Waals surface area contributed by atoms with Gasteiger partial charge in [-0.1, -0.05) is 35.9 Å². The molecule has 0 radical (unpaired) electrons. The number of nitrogens with zero attached hydrogens (tertiary/aromatic N) is 2. The van der Waals surface area contributed by atoms with Gasteiger partial charge in [-0.15, -0.1) is 0 Å². The Balaban J connectivity index is 1.94. The molecule has 0 aliphatic carbocycles. The molecule has 0 fully saturated rings. The predicted molar refractivity (Wildman–Crippen MR) is 91.6 cm³/mol. The molecule has 0 saturated carbocycles. The topological polar surface area (TPSA) is 23.6 Å². The molecule has 0 saturated heterocycles. The number of para-hydroxylation sites is 2. The average molecular weight is 315 g/mol. The van der Waals surface area contributed by atoms with E-state index in [1.54, 1.807) is 6.92 Å². The highest BCUT2D eigenvalue weighted by atomic mass is 35.5. The fourth-order valence-electron chi connectivity index (χ4n) is 3.11. The molecule has 0 N–H and O–H groups in total. The Morgan fingerprint density at radius 2 is 1.77 bits per heavy atom. The number of carbonyl (C=O) groups excluding carboxylic acids is 1. The standard InChI is InChI=1S/C18H19ClN2O/c1-13-11-20(12-15-7-9-16(19)10-8-15)17-5-3-4-6-18(17)21(13)14(2)22/h3-10,13H,11-12H2,1-2H3/t13-/m0/s1. The average Bonchev–Trinajstić information content (AvgIpc) is 2.49. The van der Waals surface area contributed by atoms with Gasteiger partial charge in [0.25, 0.3) is 0 Å². The summed E-state index contributed by atoms with van der Waals surface area (Å²) in [6.07, 6.45) is 0. The van der Waals surface area contributed by atoms with Crippen LogP contribution in [0.15, 0.2) is 48.5 Å². The summed E-state index contributed by atoms with van der Waals surface area (Å²) in [5, 5.41) is 0.749. The highest BCUT2D eigenvalue weighted by Crippen LogP contribution is 2.36. The van der Waals surface area contributed by atoms with E-state index < -0.39 is 0 Å². The zero-order valence-corrected chi connectivity index (χ0v) is 13.5. The number of carbonyl (C=O) groups is 1. The van der Waals surface area contributed by atoms with Crippen molar-refractivity contribution in [2.75, 3.05) is 16.3 Å². The van der Waals surface area contributed by atoms with Crippen LogP contribution in [-0.4, -0.2) is 18.5 Å². The molecule has 0 bridgehead atoms. The maximum absolute atomic E-state index is 12.0. The first-order chi connectivity index (χ1) is 10.6. The van der Waals surface area contributed by atoms with E-state index in [-0.39, 0.29) is 11.9 Å². The minimum atomic E-state index is 0.0890. The second kappa shape index (κ2) is 6.01. The third-order valence-corrected chi connectivity index (χ3v) is 4.29. The summed E-state index contributed by atoms with van der Waals surface area (Å²) in [6, 6.07) is 16.2. The molecule has 4 heteroatoms. The van der Waals surface area contributed by atoms with Crippen LogP contribution in [0.3, 0.4) is 0 Å². The Labute approximate surface area is 136 Å². The lowest BCUT2D eigenvalue weighted by atomic mass is 10.1. The molecule has 1 aliphatic heterocycles. The first kappa shape index (κ1) is 14.9. The third-order valence-electron chi connectivity index (χ3n) is 4.03. The molecule has 3 rings (SSSR count). The van der Waals surface area contributed by atoms with Gasteiger partial charge in [0.15, 0.2) is 0 Å². The van der Waals surface area contributed by atoms with Crippen molar-refractivity contribution in [1.29, 1.82) is 0 Å². The van der Waals surface area contributed by atoms with Gasteiger partial charge in [0.1, 0.15) is 0 Å². The molecular formula is C18H19ClN2O. The van der Waals surface area contributed by atoms with Gasteiger partial charge in [-0.3, -0.25) is 4.79 Å². The van der Waals surface area contributed by atoms with Crippen molar-refractivity contribution in [1.82, 2.24) is 0 Å². The lowest BCUT2D eigenvalue weighted by molar-refractivity contribution is -0.117. The molecule has 2 aromatic rings. The molecule has 0 spiro atoms. The summed E-state index contributed by atoms with van der Waals surface area (Å²) in [4.78, 5) is 16.2. The minimum absolute atomic E-state index is 0.0890. The SMILES string of the molecule is CC(=O)N1c2ccccc2N(Cc2ccc(Cl)cc2)C[C@@H]1C. The van der Waals surface area contributed by atoms with Crippen molar-refractivity contribution in [3.63, 3.8) is 0 Å². The molecule has 1 heterocycles. The number of anilines is 2. The van der Waals surface area contributed by atoms with E-state index in [2.05, 4.69) is 17.9 Å². The monoisotopic (exact) mass is 314 g/mol. The maximum atomic E-state index is 12.0. The molecule has 114 valence electrons. The van der Waals surface area contributed by atoms with Crippen LogP contribution in [0.5, 0.6) is 0 Å². The zero-order chi connectivity index (χ0) is 15.7. The van der Waals surface area contributed by atoms with Crippen LogP contribution in [-0.2, 0) is 11.3 Å². The third kappa shape index (κ3) is 2.81. The fourth-order valence-corrected chi connectivity index (χ4v) is 3.24. The molecule has 1 atom stereocenters. The first-order valence-electron chi connectivity index (χ1n) is 7.44. The Kier molecular flexibility index (Phi) is 4.08. The molecule has 1 aliphatic rings. The van der Waals surface area contributed by atoms with Crippen molar-refractivity contribution in [2.45, 2.75) is 26.4 Å². The summed E-state index contributed by atoms with van der Waals surface area (Å²) in [5.74, 6) is 0.0890. The minimum Gasteiger partial charge on any atom is -0.363 e. The summed E-state index contributed by atoms with van der Waals surface area (Å²) >= 11 is 5.95. The van der Waals surface area contributed by atoms with E-state index in [1.165, 1.54) is 5.56 Å². The van der Waals surface area contributed by atoms with E-state index in [4.69, 9.17) is 11.6 Å². The quantitative estimate of drug-likeness (QED) is 0.833. The van der Waals surface area contributed by atoms with Crippen LogP contribution in [0.2, 0.25) is 5.02 Å². The van der Waals surface area contributed by atoms with E-state index in [9.17, 15) is 4.79 Å². The van der Waals surface area contributed by atoms with Gasteiger partial charge in [0.05, 0.1) is 17.4 Å². The zero-order valence-electron chi connectivity index (χ0n) is 12.8. The predicted octanol–water partition coefficient (Wildman–Crippen LogP) is 4.10. The van der Waals surface area contributed by atoms with Gasteiger partial charge in [-0.25, -0.2) is 0 Å². The van der Waals surface area contributed by atoms with Crippen molar-refractivity contribution in [3.8, 4) is 0 Å². The normalized spacial score (nSPS) is 17.3. The van der Waals surface area contributed by atoms with Gasteiger partial charge < -0.3 is 9.80 Å². The highest BCUT2D eigenvalue weighted by molar-refractivity contribution is 6.30. The molecule has 0 aromatic heterocycles. The van der Waals surface area contributed by atoms with E-state index >= 15 is 0 Å². The van der Waals surface area contributed by atoms with Crippen LogP contribution in [0.25, 0.3) is 0 Å². The Morgan fingerprint density at radius 3 is 2.41 bits per heavy atom. The lowest BCUT2D eigenvalue weighted by Crippen LogP contribution is -2.49. The largest absolute Gasteiger partial charge is 0.363 e. The number of benzene rings is 2. The van der Waals surface area contributed by atoms with E-state index in [0.717, 1.165) is 29.5 Å². The van der Waals surface area contributed by atoms with Crippen LogP contribution >= 0.6 is 11.6 Å². The number of halogens is 1. The van der Waals surface area contributed by atoms with Gasteiger partial charge in [-0.05, 0) is 36.8 Å². The number of hydrogen-bond acceptors (Lipinski definition) is 2. The molecular weight excluding hydrogens is 296 g/mol. The summed E-state index contributed by atoms with van der Waals surface area (Å²) in [6.45, 7) is 5.35. The van der Waals surface area contributed by atoms with Crippen molar-refractivity contribution in [2.24, 2.45) is 0 Å². The number of hydrogen-bond donors (Lipinski definition) is 0. The van der Waals surface area contributed by atoms with Crippen molar-refractivity contribution >= 4 is 28.9 Å².